The Balaban J connectivity index is 1.35. The fourth-order valence-corrected chi connectivity index (χ4v) is 7.21. The minimum absolute atomic E-state index is 0.0150. The van der Waals surface area contributed by atoms with E-state index in [1.807, 2.05) is 32.0 Å². The van der Waals surface area contributed by atoms with Gasteiger partial charge < -0.3 is 10.1 Å². The van der Waals surface area contributed by atoms with E-state index in [0.717, 1.165) is 15.4 Å². The Bertz CT molecular complexity index is 1810. The Hall–Kier alpha value is -4.06. The van der Waals surface area contributed by atoms with Crippen molar-refractivity contribution in [3.8, 4) is 5.75 Å². The molecule has 1 heterocycles. The molecule has 0 aromatic heterocycles. The molecule has 0 fully saturated rings. The molecule has 1 amide bonds. The topological polar surface area (TPSA) is 122 Å². The van der Waals surface area contributed by atoms with Crippen LogP contribution < -0.4 is 19.1 Å². The van der Waals surface area contributed by atoms with Crippen LogP contribution in [0.1, 0.15) is 11.1 Å². The summed E-state index contributed by atoms with van der Waals surface area (Å²) in [6, 6.07) is 23.4. The summed E-state index contributed by atoms with van der Waals surface area (Å²) in [7, 11) is -7.92. The van der Waals surface area contributed by atoms with Crippen molar-refractivity contribution in [3.05, 3.63) is 107 Å². The number of aryl methyl sites for hydroxylation is 2. The molecule has 1 aliphatic rings. The first kappa shape index (κ1) is 28.5. The maximum Gasteiger partial charge on any atom is 0.267 e. The van der Waals surface area contributed by atoms with Gasteiger partial charge in [-0.25, -0.2) is 16.8 Å². The molecule has 4 aromatic carbocycles. The molecule has 0 bridgehead atoms. The molecule has 0 unspecified atom stereocenters. The second-order valence-corrected chi connectivity index (χ2v) is 13.4. The van der Waals surface area contributed by atoms with Crippen LogP contribution in [0.3, 0.4) is 0 Å². The van der Waals surface area contributed by atoms with Crippen LogP contribution in [0.15, 0.2) is 101 Å². The molecule has 1 aliphatic heterocycles. The molecule has 12 heteroatoms. The van der Waals surface area contributed by atoms with Crippen LogP contribution in [0.25, 0.3) is 0 Å². The Morgan fingerprint density at radius 3 is 2.10 bits per heavy atom. The van der Waals surface area contributed by atoms with E-state index in [2.05, 4.69) is 10.0 Å². The van der Waals surface area contributed by atoms with Crippen LogP contribution in [-0.4, -0.2) is 35.4 Å². The number of amides is 1. The van der Waals surface area contributed by atoms with Crippen molar-refractivity contribution in [1.82, 2.24) is 0 Å². The number of carbonyl (C=O) groups excluding carboxylic acids is 1. The van der Waals surface area contributed by atoms with E-state index >= 15 is 0 Å². The molecule has 0 spiro atoms. The highest BCUT2D eigenvalue weighted by Crippen LogP contribution is 2.37. The van der Waals surface area contributed by atoms with Crippen molar-refractivity contribution in [1.29, 1.82) is 0 Å². The van der Waals surface area contributed by atoms with Crippen LogP contribution >= 0.6 is 11.6 Å². The summed E-state index contributed by atoms with van der Waals surface area (Å²) in [5.41, 5.74) is 2.71. The summed E-state index contributed by atoms with van der Waals surface area (Å²) < 4.78 is 62.6. The van der Waals surface area contributed by atoms with Gasteiger partial charge >= 0.3 is 0 Å². The van der Waals surface area contributed by atoms with Crippen molar-refractivity contribution in [2.75, 3.05) is 20.9 Å². The fourth-order valence-electron chi connectivity index (χ4n) is 4.41. The number of hydrogen-bond acceptors (Lipinski definition) is 6. The molecule has 2 N–H and O–H groups in total. The minimum Gasteiger partial charge on any atom is -0.476 e. The number of benzene rings is 4. The normalized spacial score (nSPS) is 15.0. The maximum atomic E-state index is 13.5. The maximum absolute atomic E-state index is 13.5. The van der Waals surface area contributed by atoms with Crippen molar-refractivity contribution < 1.29 is 26.4 Å². The van der Waals surface area contributed by atoms with E-state index in [0.29, 0.717) is 22.1 Å². The summed E-state index contributed by atoms with van der Waals surface area (Å²) in [4.78, 5) is 13.3. The van der Waals surface area contributed by atoms with Gasteiger partial charge in [0.2, 0.25) is 0 Å². The van der Waals surface area contributed by atoms with E-state index in [9.17, 15) is 21.6 Å². The Morgan fingerprint density at radius 2 is 1.44 bits per heavy atom. The number of sulfonamides is 2. The molecular formula is C29H26ClN3O6S2. The number of nitrogens with zero attached hydrogens (tertiary/aromatic N) is 1. The number of ether oxygens (including phenoxy) is 1. The molecule has 41 heavy (non-hydrogen) atoms. The van der Waals surface area contributed by atoms with Crippen LogP contribution in [0.4, 0.5) is 17.1 Å². The highest BCUT2D eigenvalue weighted by atomic mass is 35.5. The monoisotopic (exact) mass is 611 g/mol. The van der Waals surface area contributed by atoms with Crippen molar-refractivity contribution in [3.63, 3.8) is 0 Å². The first-order valence-corrected chi connectivity index (χ1v) is 15.8. The largest absolute Gasteiger partial charge is 0.476 e. The van der Waals surface area contributed by atoms with E-state index in [1.165, 1.54) is 48.5 Å². The summed E-state index contributed by atoms with van der Waals surface area (Å²) in [5, 5.41) is 3.08. The van der Waals surface area contributed by atoms with E-state index < -0.39 is 32.1 Å². The Morgan fingerprint density at radius 1 is 0.829 bits per heavy atom. The average molecular weight is 612 g/mol. The minimum atomic E-state index is -4.04. The lowest BCUT2D eigenvalue weighted by molar-refractivity contribution is -0.122. The average Bonchev–Trinajstić information content (AvgIpc) is 2.95. The predicted molar refractivity (Wildman–Crippen MR) is 159 cm³/mol. The number of para-hydroxylation sites is 3. The zero-order chi connectivity index (χ0) is 29.4. The second kappa shape index (κ2) is 11.1. The molecule has 4 aromatic rings. The lowest BCUT2D eigenvalue weighted by Crippen LogP contribution is -2.48. The third-order valence-electron chi connectivity index (χ3n) is 6.58. The quantitative estimate of drug-likeness (QED) is 0.290. The number of anilines is 3. The molecule has 1 atom stereocenters. The zero-order valence-electron chi connectivity index (χ0n) is 22.0. The SMILES string of the molecule is Cc1cccc(C)c1NS(=O)(=O)c1ccc(NC(=O)[C@H]2CN(S(=O)(=O)c3ccc(Cl)cc3)c3ccccc3O2)cc1. The number of hydrogen-bond donors (Lipinski definition) is 2. The molecule has 5 rings (SSSR count). The van der Waals surface area contributed by atoms with Gasteiger partial charge in [-0.3, -0.25) is 13.8 Å². The van der Waals surface area contributed by atoms with E-state index in [1.54, 1.807) is 24.3 Å². The highest BCUT2D eigenvalue weighted by Gasteiger charge is 2.37. The first-order valence-electron chi connectivity index (χ1n) is 12.5. The van der Waals surface area contributed by atoms with Gasteiger partial charge in [0, 0.05) is 10.7 Å². The second-order valence-electron chi connectivity index (χ2n) is 9.45. The number of rotatable bonds is 7. The van der Waals surface area contributed by atoms with Crippen LogP contribution in [0, 0.1) is 13.8 Å². The van der Waals surface area contributed by atoms with Gasteiger partial charge in [-0.15, -0.1) is 0 Å². The lowest BCUT2D eigenvalue weighted by Gasteiger charge is -2.34. The van der Waals surface area contributed by atoms with Crippen LogP contribution in [0.2, 0.25) is 5.02 Å². The predicted octanol–water partition coefficient (Wildman–Crippen LogP) is 5.35. The van der Waals surface area contributed by atoms with Crippen molar-refractivity contribution in [2.45, 2.75) is 29.7 Å². The number of halogens is 1. The molecule has 212 valence electrons. The van der Waals surface area contributed by atoms with Crippen molar-refractivity contribution >= 4 is 54.6 Å². The van der Waals surface area contributed by atoms with Gasteiger partial charge in [0.25, 0.3) is 26.0 Å². The number of carbonyl (C=O) groups is 1. The third kappa shape index (κ3) is 5.88. The van der Waals surface area contributed by atoms with Gasteiger partial charge in [0.1, 0.15) is 5.75 Å². The number of fused-ring (bicyclic) bond motifs is 1. The first-order chi connectivity index (χ1) is 19.5. The highest BCUT2D eigenvalue weighted by molar-refractivity contribution is 7.93. The Kier molecular flexibility index (Phi) is 7.69. The third-order valence-corrected chi connectivity index (χ3v) is 9.99. The molecule has 0 saturated carbocycles. The van der Waals surface area contributed by atoms with Gasteiger partial charge in [-0.2, -0.15) is 0 Å². The van der Waals surface area contributed by atoms with E-state index in [4.69, 9.17) is 16.3 Å². The van der Waals surface area contributed by atoms with Gasteiger partial charge in [-0.05, 0) is 85.6 Å². The van der Waals surface area contributed by atoms with E-state index in [-0.39, 0.29) is 22.1 Å². The lowest BCUT2D eigenvalue weighted by atomic mass is 10.1. The number of nitrogens with one attached hydrogen (secondary N) is 2. The zero-order valence-corrected chi connectivity index (χ0v) is 24.4. The van der Waals surface area contributed by atoms with Crippen LogP contribution in [0.5, 0.6) is 5.75 Å². The summed E-state index contributed by atoms with van der Waals surface area (Å²) in [5.74, 6) is -0.365. The van der Waals surface area contributed by atoms with Gasteiger partial charge in [0.15, 0.2) is 6.10 Å². The summed E-state index contributed by atoms with van der Waals surface area (Å²) in [6.07, 6.45) is -1.18. The molecule has 0 aliphatic carbocycles. The molecule has 0 saturated heterocycles. The van der Waals surface area contributed by atoms with Crippen molar-refractivity contribution in [2.24, 2.45) is 0 Å². The standard InChI is InChI=1S/C29H26ClN3O6S2/c1-19-6-5-7-20(2)28(19)32-40(35,36)23-16-12-22(13-17-23)31-29(34)27-18-33(25-8-3-4-9-26(25)39-27)41(37,38)24-14-10-21(30)11-15-24/h3-17,27,32H,18H2,1-2H3,(H,31,34)/t27-/m1/s1. The smallest absolute Gasteiger partial charge is 0.267 e. The summed E-state index contributed by atoms with van der Waals surface area (Å²) in [6.45, 7) is 3.36. The van der Waals surface area contributed by atoms with Gasteiger partial charge in [0.05, 0.1) is 27.7 Å². The molecule has 9 nitrogen and oxygen atoms in total. The van der Waals surface area contributed by atoms with Crippen LogP contribution in [-0.2, 0) is 24.8 Å². The van der Waals surface area contributed by atoms with Gasteiger partial charge in [-0.1, -0.05) is 41.9 Å². The summed E-state index contributed by atoms with van der Waals surface area (Å²) >= 11 is 5.94. The fraction of sp³-hybridized carbons (Fsp3) is 0.138. The molecular weight excluding hydrogens is 586 g/mol. The molecule has 0 radical (unpaired) electrons. The Labute approximate surface area is 243 Å².